The summed E-state index contributed by atoms with van der Waals surface area (Å²) < 4.78 is 89.6. The number of pyridine rings is 2. The standard InChI is InChI=1S/2C32H34F2N4O5/c2*1-41-27-13-21(14-28(43-32(33)34)30(27)31(40)36-23-7-8-23)25-16-35-29-15-24(9-12-38(25)29)42-19-22-18-37(11-10-26(22)39)17-20-5-3-2-4-6-20/h2*2-6,9,12-16,22-23,26,32,39H,7-8,10-11,17-19H2,1H3,(H,36,40)/t2*22-,26+/m10/s1. The number of aliphatic hydroxyl groups is 2. The summed E-state index contributed by atoms with van der Waals surface area (Å²) >= 11 is 0. The van der Waals surface area contributed by atoms with Crippen molar-refractivity contribution in [2.75, 3.05) is 53.6 Å². The normalized spacial score (nSPS) is 19.0. The number of carbonyl (C=O) groups is 2. The fourth-order valence-electron chi connectivity index (χ4n) is 11.0. The number of amides is 2. The number of rotatable bonds is 22. The summed E-state index contributed by atoms with van der Waals surface area (Å²) in [5.41, 5.74) is 5.63. The van der Waals surface area contributed by atoms with E-state index in [1.165, 1.54) is 37.5 Å². The van der Waals surface area contributed by atoms with Gasteiger partial charge in [-0.1, -0.05) is 60.7 Å². The fourth-order valence-corrected chi connectivity index (χ4v) is 11.0. The van der Waals surface area contributed by atoms with Gasteiger partial charge in [-0.25, -0.2) is 9.97 Å². The Morgan fingerprint density at radius 2 is 0.953 bits per heavy atom. The van der Waals surface area contributed by atoms with E-state index in [0.717, 1.165) is 65.0 Å². The molecule has 0 radical (unpaired) electrons. The SMILES string of the molecule is COc1cc(-c2cnc3cc(OC[C@@H]4CN(Cc5ccccc5)CC[C@H]4O)ccn23)cc(OC(F)F)c1C(=O)NC1CC1.COc1cc(-c2cnc3cc(OC[C@H]4CN(Cc5ccccc5)CC[C@@H]4O)ccn23)cc(OC(F)F)c1C(=O)NC1CC1. The highest BCUT2D eigenvalue weighted by molar-refractivity contribution is 6.02. The van der Waals surface area contributed by atoms with E-state index in [4.69, 9.17) is 28.4 Å². The predicted molar refractivity (Wildman–Crippen MR) is 311 cm³/mol. The van der Waals surface area contributed by atoms with Crippen molar-refractivity contribution >= 4 is 23.1 Å². The third-order valence-corrected chi connectivity index (χ3v) is 15.8. The minimum atomic E-state index is -3.12. The number of aliphatic hydroxyl groups excluding tert-OH is 2. The summed E-state index contributed by atoms with van der Waals surface area (Å²) in [5.74, 6) is -0.232. The number of carbonyl (C=O) groups excluding carboxylic acids is 2. The number of halogens is 4. The Morgan fingerprint density at radius 1 is 0.558 bits per heavy atom. The number of hydrogen-bond donors (Lipinski definition) is 4. The Bertz CT molecular complexity index is 3390. The number of benzene rings is 4. The lowest BCUT2D eigenvalue weighted by Crippen LogP contribution is -2.45. The largest absolute Gasteiger partial charge is 0.496 e. The summed E-state index contributed by atoms with van der Waals surface area (Å²) in [6.45, 7) is -0.770. The molecule has 4 aromatic carbocycles. The summed E-state index contributed by atoms with van der Waals surface area (Å²) in [6, 6.07) is 33.8. The molecule has 4 aliphatic rings. The summed E-state index contributed by atoms with van der Waals surface area (Å²) in [6.07, 6.45) is 10.6. The van der Waals surface area contributed by atoms with Crippen molar-refractivity contribution in [3.05, 3.63) is 156 Å². The first-order valence-corrected chi connectivity index (χ1v) is 28.8. The number of imidazole rings is 2. The van der Waals surface area contributed by atoms with Gasteiger partial charge in [0.05, 0.1) is 63.4 Å². The van der Waals surface area contributed by atoms with Gasteiger partial charge in [-0.15, -0.1) is 0 Å². The van der Waals surface area contributed by atoms with Crippen LogP contribution in [0.15, 0.2) is 134 Å². The first-order valence-electron chi connectivity index (χ1n) is 28.8. The molecule has 0 spiro atoms. The maximum atomic E-state index is 13.4. The number of aromatic nitrogens is 4. The molecule has 0 bridgehead atoms. The van der Waals surface area contributed by atoms with Crippen molar-refractivity contribution < 1.29 is 65.8 Å². The Kier molecular flexibility index (Phi) is 18.5. The third-order valence-electron chi connectivity index (χ3n) is 15.8. The van der Waals surface area contributed by atoms with Crippen LogP contribution in [0.25, 0.3) is 33.8 Å². The Morgan fingerprint density at radius 3 is 1.33 bits per heavy atom. The Balaban J connectivity index is 0.000000179. The van der Waals surface area contributed by atoms with E-state index < -0.39 is 37.2 Å². The minimum absolute atomic E-state index is 0.0288. The van der Waals surface area contributed by atoms with E-state index in [1.54, 1.807) is 70.0 Å². The molecule has 4 atom stereocenters. The van der Waals surface area contributed by atoms with Gasteiger partial charge in [0.1, 0.15) is 56.9 Å². The molecule has 2 amide bonds. The van der Waals surface area contributed by atoms with Gasteiger partial charge in [0, 0.05) is 98.8 Å². The number of ether oxygens (including phenoxy) is 6. The van der Waals surface area contributed by atoms with E-state index in [9.17, 15) is 37.4 Å². The zero-order chi connectivity index (χ0) is 59.8. The molecule has 2 saturated heterocycles. The van der Waals surface area contributed by atoms with Crippen molar-refractivity contribution in [2.45, 2.75) is 89.1 Å². The van der Waals surface area contributed by atoms with E-state index in [1.807, 2.05) is 36.4 Å². The van der Waals surface area contributed by atoms with Crippen LogP contribution in [0.3, 0.4) is 0 Å². The molecule has 4 fully saturated rings. The molecule has 8 aromatic rings. The van der Waals surface area contributed by atoms with Crippen molar-refractivity contribution in [2.24, 2.45) is 11.8 Å². The van der Waals surface area contributed by atoms with Gasteiger partial charge < -0.3 is 49.3 Å². The Labute approximate surface area is 494 Å². The van der Waals surface area contributed by atoms with Gasteiger partial charge in [0.2, 0.25) is 0 Å². The minimum Gasteiger partial charge on any atom is -0.496 e. The average molecular weight is 1190 g/mol. The zero-order valence-corrected chi connectivity index (χ0v) is 47.6. The molecule has 4 N–H and O–H groups in total. The first-order chi connectivity index (χ1) is 41.7. The molecule has 2 aliphatic carbocycles. The van der Waals surface area contributed by atoms with E-state index >= 15 is 0 Å². The molecule has 4 aromatic heterocycles. The second-order valence-electron chi connectivity index (χ2n) is 22.1. The van der Waals surface area contributed by atoms with E-state index in [2.05, 4.69) is 54.7 Å². The lowest BCUT2D eigenvalue weighted by molar-refractivity contribution is -0.0509. The van der Waals surface area contributed by atoms with Gasteiger partial charge in [0.15, 0.2) is 0 Å². The molecule has 2 aliphatic heterocycles. The van der Waals surface area contributed by atoms with Crippen molar-refractivity contribution in [1.29, 1.82) is 0 Å². The number of nitrogens with zero attached hydrogens (tertiary/aromatic N) is 6. The van der Waals surface area contributed by atoms with Crippen LogP contribution in [-0.2, 0) is 13.1 Å². The van der Waals surface area contributed by atoms with Crippen LogP contribution in [0.1, 0.15) is 70.4 Å². The van der Waals surface area contributed by atoms with Crippen molar-refractivity contribution in [3.8, 4) is 57.0 Å². The number of fused-ring (bicyclic) bond motifs is 2. The molecule has 22 heteroatoms. The van der Waals surface area contributed by atoms with Gasteiger partial charge in [-0.2, -0.15) is 17.6 Å². The number of likely N-dealkylation sites (tertiary alicyclic amines) is 2. The molecule has 86 heavy (non-hydrogen) atoms. The highest BCUT2D eigenvalue weighted by atomic mass is 19.3. The van der Waals surface area contributed by atoms with Crippen LogP contribution in [0.5, 0.6) is 34.5 Å². The quantitative estimate of drug-likeness (QED) is 0.0469. The molecular weight excluding hydrogens is 1120 g/mol. The maximum absolute atomic E-state index is 13.4. The van der Waals surface area contributed by atoms with Crippen LogP contribution in [0, 0.1) is 11.8 Å². The number of nitrogens with one attached hydrogen (secondary N) is 2. The van der Waals surface area contributed by atoms with Crippen LogP contribution in [0.2, 0.25) is 0 Å². The Hall–Kier alpha value is -8.44. The topological polar surface area (TPSA) is 195 Å². The molecule has 2 saturated carbocycles. The van der Waals surface area contributed by atoms with Crippen LogP contribution >= 0.6 is 0 Å². The van der Waals surface area contributed by atoms with Crippen molar-refractivity contribution in [3.63, 3.8) is 0 Å². The molecule has 18 nitrogen and oxygen atoms in total. The van der Waals surface area contributed by atoms with Gasteiger partial charge >= 0.3 is 13.2 Å². The van der Waals surface area contributed by atoms with Crippen LogP contribution in [-0.4, -0.2) is 142 Å². The monoisotopic (exact) mass is 1180 g/mol. The molecule has 452 valence electrons. The lowest BCUT2D eigenvalue weighted by atomic mass is 9.95. The van der Waals surface area contributed by atoms with Gasteiger partial charge in [-0.3, -0.25) is 28.2 Å². The number of alkyl halides is 4. The smallest absolute Gasteiger partial charge is 0.387 e. The van der Waals surface area contributed by atoms with E-state index in [-0.39, 0.29) is 58.0 Å². The van der Waals surface area contributed by atoms with Gasteiger partial charge in [0.25, 0.3) is 11.8 Å². The lowest BCUT2D eigenvalue weighted by Gasteiger charge is -2.36. The number of hydrogen-bond acceptors (Lipinski definition) is 14. The predicted octanol–water partition coefficient (Wildman–Crippen LogP) is 9.53. The van der Waals surface area contributed by atoms with Crippen LogP contribution in [0.4, 0.5) is 17.6 Å². The molecule has 0 unspecified atom stereocenters. The second kappa shape index (κ2) is 26.9. The van der Waals surface area contributed by atoms with E-state index in [0.29, 0.717) is 71.4 Å². The van der Waals surface area contributed by atoms with Crippen molar-refractivity contribution in [1.82, 2.24) is 39.2 Å². The van der Waals surface area contributed by atoms with Crippen LogP contribution < -0.4 is 39.1 Å². The number of methoxy groups -OCH3 is 2. The summed E-state index contributed by atoms with van der Waals surface area (Å²) in [4.78, 5) is 39.4. The highest BCUT2D eigenvalue weighted by Crippen LogP contribution is 2.40. The molecule has 6 heterocycles. The maximum Gasteiger partial charge on any atom is 0.387 e. The molecule has 12 rings (SSSR count). The summed E-state index contributed by atoms with van der Waals surface area (Å²) in [5, 5.41) is 26.9. The number of piperidine rings is 2. The second-order valence-corrected chi connectivity index (χ2v) is 22.1. The average Bonchev–Trinajstić information content (AvgIpc) is 2.00. The zero-order valence-electron chi connectivity index (χ0n) is 47.6. The fraction of sp³-hybridized carbons (Fsp3) is 0.375. The summed E-state index contributed by atoms with van der Waals surface area (Å²) in [7, 11) is 2.75. The highest BCUT2D eigenvalue weighted by Gasteiger charge is 2.33. The first kappa shape index (κ1) is 59.3. The third kappa shape index (κ3) is 14.6. The van der Waals surface area contributed by atoms with Gasteiger partial charge in [-0.05, 0) is 86.1 Å². The molecular formula is C64H68F4N8O10.